The number of rotatable bonds is 6. The maximum atomic E-state index is 11.8. The first-order chi connectivity index (χ1) is 12.6. The summed E-state index contributed by atoms with van der Waals surface area (Å²) >= 11 is 1.57. The molecule has 0 bridgehead atoms. The Morgan fingerprint density at radius 3 is 2.54 bits per heavy atom. The number of hydrogen-bond acceptors (Lipinski definition) is 7. The summed E-state index contributed by atoms with van der Waals surface area (Å²) in [5.41, 5.74) is 2.47. The van der Waals surface area contributed by atoms with E-state index in [9.17, 15) is 4.79 Å². The molecule has 2 aromatic heterocycles. The van der Waals surface area contributed by atoms with E-state index in [1.54, 1.807) is 36.6 Å². The lowest BCUT2D eigenvalue weighted by Crippen LogP contribution is -2.00. The Kier molecular flexibility index (Phi) is 5.32. The molecule has 2 heterocycles. The fraction of sp³-hybridized carbons (Fsp3) is 0.278. The molecule has 0 atom stereocenters. The zero-order valence-corrected chi connectivity index (χ0v) is 15.8. The molecule has 0 saturated carbocycles. The number of ether oxygens (including phenoxy) is 3. The quantitative estimate of drug-likeness (QED) is 0.373. The summed E-state index contributed by atoms with van der Waals surface area (Å²) < 4.78 is 17.2. The van der Waals surface area contributed by atoms with Crippen LogP contribution in [0.25, 0.3) is 16.9 Å². The summed E-state index contributed by atoms with van der Waals surface area (Å²) in [5.74, 6) is 1.63. The summed E-state index contributed by atoms with van der Waals surface area (Å²) in [6.07, 6.45) is 1.64. The molecule has 136 valence electrons. The largest absolute Gasteiger partial charge is 0.493 e. The fourth-order valence-electron chi connectivity index (χ4n) is 2.54. The van der Waals surface area contributed by atoms with Crippen molar-refractivity contribution in [3.8, 4) is 22.8 Å². The van der Waals surface area contributed by atoms with Gasteiger partial charge in [-0.2, -0.15) is 0 Å². The Bertz CT molecular complexity index is 955. The van der Waals surface area contributed by atoms with Gasteiger partial charge in [-0.3, -0.25) is 4.40 Å². The molecule has 1 aromatic carbocycles. The monoisotopic (exact) mass is 373 g/mol. The molecular weight excluding hydrogens is 354 g/mol. The average Bonchev–Trinajstić information content (AvgIpc) is 3.11. The predicted octanol–water partition coefficient (Wildman–Crippen LogP) is 3.31. The number of fused-ring (bicyclic) bond motifs is 1. The zero-order chi connectivity index (χ0) is 18.7. The molecule has 3 aromatic rings. The Hall–Kier alpha value is -2.74. The van der Waals surface area contributed by atoms with Gasteiger partial charge in [-0.25, -0.2) is 14.8 Å². The number of benzene rings is 1. The first-order valence-electron chi connectivity index (χ1n) is 7.95. The van der Waals surface area contributed by atoms with Crippen LogP contribution in [0, 0.1) is 0 Å². The van der Waals surface area contributed by atoms with E-state index in [-0.39, 0.29) is 5.69 Å². The number of thioether (sulfide) groups is 1. The second-order valence-electron chi connectivity index (χ2n) is 5.27. The van der Waals surface area contributed by atoms with Gasteiger partial charge in [-0.15, -0.1) is 0 Å². The van der Waals surface area contributed by atoms with Crippen LogP contribution < -0.4 is 9.47 Å². The van der Waals surface area contributed by atoms with Gasteiger partial charge < -0.3 is 14.2 Å². The summed E-state index contributed by atoms with van der Waals surface area (Å²) in [4.78, 5) is 20.9. The molecule has 0 aliphatic carbocycles. The molecule has 8 heteroatoms. The number of carbonyl (C=O) groups excluding carboxylic acids is 1. The maximum Gasteiger partial charge on any atom is 0.358 e. The van der Waals surface area contributed by atoms with Crippen molar-refractivity contribution >= 4 is 23.4 Å². The highest BCUT2D eigenvalue weighted by molar-refractivity contribution is 7.99. The minimum Gasteiger partial charge on any atom is -0.493 e. The van der Waals surface area contributed by atoms with E-state index in [4.69, 9.17) is 19.2 Å². The topological polar surface area (TPSA) is 75.0 Å². The van der Waals surface area contributed by atoms with Crippen molar-refractivity contribution in [3.63, 3.8) is 0 Å². The van der Waals surface area contributed by atoms with Crippen LogP contribution in [0.5, 0.6) is 11.5 Å². The fourth-order valence-corrected chi connectivity index (χ4v) is 3.24. The summed E-state index contributed by atoms with van der Waals surface area (Å²) in [6, 6.07) is 7.43. The van der Waals surface area contributed by atoms with Crippen LogP contribution in [-0.4, -0.2) is 47.4 Å². The van der Waals surface area contributed by atoms with Crippen LogP contribution in [0.4, 0.5) is 0 Å². The van der Waals surface area contributed by atoms with Gasteiger partial charge in [0, 0.05) is 17.8 Å². The third-order valence-electron chi connectivity index (χ3n) is 3.77. The molecule has 7 nitrogen and oxygen atoms in total. The van der Waals surface area contributed by atoms with Crippen molar-refractivity contribution in [2.24, 2.45) is 0 Å². The Labute approximate surface area is 155 Å². The number of hydrogen-bond donors (Lipinski definition) is 0. The molecule has 0 saturated heterocycles. The van der Waals surface area contributed by atoms with E-state index < -0.39 is 5.97 Å². The van der Waals surface area contributed by atoms with E-state index in [1.807, 2.05) is 31.2 Å². The molecule has 0 fully saturated rings. The summed E-state index contributed by atoms with van der Waals surface area (Å²) in [6.45, 7) is 2.04. The smallest absolute Gasteiger partial charge is 0.358 e. The molecule has 3 rings (SSSR count). The molecule has 26 heavy (non-hydrogen) atoms. The summed E-state index contributed by atoms with van der Waals surface area (Å²) in [7, 11) is 4.52. The van der Waals surface area contributed by atoms with E-state index in [2.05, 4.69) is 4.98 Å². The van der Waals surface area contributed by atoms with E-state index in [1.165, 1.54) is 7.11 Å². The van der Waals surface area contributed by atoms with Crippen LogP contribution in [0.1, 0.15) is 17.4 Å². The highest BCUT2D eigenvalue weighted by Gasteiger charge is 2.16. The van der Waals surface area contributed by atoms with E-state index >= 15 is 0 Å². The van der Waals surface area contributed by atoms with Gasteiger partial charge in [0.1, 0.15) is 5.65 Å². The van der Waals surface area contributed by atoms with Crippen molar-refractivity contribution in [1.82, 2.24) is 14.4 Å². The van der Waals surface area contributed by atoms with Gasteiger partial charge in [0.2, 0.25) is 0 Å². The van der Waals surface area contributed by atoms with Crippen LogP contribution in [0.2, 0.25) is 0 Å². The van der Waals surface area contributed by atoms with Gasteiger partial charge in [-0.1, -0.05) is 18.7 Å². The number of carbonyl (C=O) groups is 1. The number of esters is 1. The highest BCUT2D eigenvalue weighted by atomic mass is 32.2. The standard InChI is InChI=1S/C18H19N3O4S/c1-5-26-18-20-12(11-6-7-14(23-2)15(8-11)24-3)9-16-19-13(10-21(16)18)17(22)25-4/h6-10H,5H2,1-4H3. The Morgan fingerprint density at radius 2 is 1.88 bits per heavy atom. The third kappa shape index (κ3) is 3.32. The highest BCUT2D eigenvalue weighted by Crippen LogP contribution is 2.33. The second-order valence-corrected chi connectivity index (χ2v) is 6.50. The van der Waals surface area contributed by atoms with Gasteiger partial charge in [0.25, 0.3) is 0 Å². The zero-order valence-electron chi connectivity index (χ0n) is 15.0. The Balaban J connectivity index is 2.15. The van der Waals surface area contributed by atoms with Crippen LogP contribution in [0.15, 0.2) is 35.6 Å². The van der Waals surface area contributed by atoms with E-state index in [0.717, 1.165) is 22.2 Å². The number of imidazole rings is 1. The lowest BCUT2D eigenvalue weighted by Gasteiger charge is -2.11. The third-order valence-corrected chi connectivity index (χ3v) is 4.60. The van der Waals surface area contributed by atoms with Crippen molar-refractivity contribution in [1.29, 1.82) is 0 Å². The molecule has 0 amide bonds. The first kappa shape index (κ1) is 18.1. The normalized spacial score (nSPS) is 10.8. The molecular formula is C18H19N3O4S. The van der Waals surface area contributed by atoms with Gasteiger partial charge in [0.05, 0.1) is 27.0 Å². The van der Waals surface area contributed by atoms with E-state index in [0.29, 0.717) is 17.1 Å². The number of aromatic nitrogens is 3. The minimum atomic E-state index is -0.478. The van der Waals surface area contributed by atoms with Crippen LogP contribution in [-0.2, 0) is 4.74 Å². The average molecular weight is 373 g/mol. The molecule has 0 radical (unpaired) electrons. The van der Waals surface area contributed by atoms with Crippen molar-refractivity contribution < 1.29 is 19.0 Å². The van der Waals surface area contributed by atoms with Crippen LogP contribution in [0.3, 0.4) is 0 Å². The molecule has 0 aliphatic rings. The molecule has 0 aliphatic heterocycles. The first-order valence-corrected chi connectivity index (χ1v) is 8.93. The molecule has 0 spiro atoms. The lowest BCUT2D eigenvalue weighted by atomic mass is 10.1. The maximum absolute atomic E-state index is 11.8. The van der Waals surface area contributed by atoms with Crippen molar-refractivity contribution in [2.75, 3.05) is 27.1 Å². The van der Waals surface area contributed by atoms with Gasteiger partial charge in [-0.05, 0) is 24.0 Å². The van der Waals surface area contributed by atoms with Crippen LogP contribution >= 0.6 is 11.8 Å². The predicted molar refractivity (Wildman–Crippen MR) is 99.3 cm³/mol. The SMILES string of the molecule is CCSc1nc(-c2ccc(OC)c(OC)c2)cc2nc(C(=O)OC)cn12. The summed E-state index contributed by atoms with van der Waals surface area (Å²) in [5, 5.41) is 0.748. The van der Waals surface area contributed by atoms with Gasteiger partial charge >= 0.3 is 5.97 Å². The number of methoxy groups -OCH3 is 3. The minimum absolute atomic E-state index is 0.247. The Morgan fingerprint density at radius 1 is 1.12 bits per heavy atom. The number of nitrogens with zero attached hydrogens (tertiary/aromatic N) is 3. The van der Waals surface area contributed by atoms with Crippen molar-refractivity contribution in [2.45, 2.75) is 12.1 Å². The second kappa shape index (κ2) is 7.65. The van der Waals surface area contributed by atoms with Gasteiger partial charge in [0.15, 0.2) is 22.3 Å². The molecule has 0 unspecified atom stereocenters. The molecule has 0 N–H and O–H groups in total. The van der Waals surface area contributed by atoms with Crippen molar-refractivity contribution in [3.05, 3.63) is 36.2 Å². The lowest BCUT2D eigenvalue weighted by molar-refractivity contribution is 0.0595.